The van der Waals surface area contributed by atoms with E-state index in [1.54, 1.807) is 29.2 Å². The molecule has 5 heteroatoms. The molecule has 0 bridgehead atoms. The minimum atomic E-state index is -0.252. The topological polar surface area (TPSA) is 53.2 Å². The summed E-state index contributed by atoms with van der Waals surface area (Å²) in [4.78, 5) is 30.8. The molecular weight excluding hydrogens is 396 g/mol. The van der Waals surface area contributed by atoms with Crippen LogP contribution in [0.25, 0.3) is 10.9 Å². The van der Waals surface area contributed by atoms with E-state index < -0.39 is 0 Å². The molecule has 0 radical (unpaired) electrons. The number of aryl methyl sites for hydroxylation is 2. The van der Waals surface area contributed by atoms with Crippen LogP contribution in [0.4, 0.5) is 5.69 Å². The number of H-pyrrole nitrogens is 1. The smallest absolute Gasteiger partial charge is 0.260 e. The highest BCUT2D eigenvalue weighted by molar-refractivity contribution is 6.34. The van der Waals surface area contributed by atoms with E-state index in [-0.39, 0.29) is 18.0 Å². The Bertz CT molecular complexity index is 1310. The van der Waals surface area contributed by atoms with Crippen molar-refractivity contribution in [3.8, 4) is 0 Å². The van der Waals surface area contributed by atoms with Gasteiger partial charge < -0.3 is 9.88 Å². The number of halogens is 1. The molecule has 0 aliphatic rings. The summed E-state index contributed by atoms with van der Waals surface area (Å²) in [5, 5.41) is 1.30. The first-order chi connectivity index (χ1) is 14.4. The standard InChI is InChI=1S/C25H21ClN2O2/c1-16-11-12-18-14-19(24(29)27-22(18)13-16)15-28(23-10-6-3-7-17(23)2)25(30)20-8-4-5-9-21(20)26/h3-14H,15H2,1-2H3,(H,27,29). The van der Waals surface area contributed by atoms with Gasteiger partial charge in [-0.1, -0.05) is 54.1 Å². The first-order valence-corrected chi connectivity index (χ1v) is 10.1. The average Bonchev–Trinajstić information content (AvgIpc) is 2.73. The molecule has 0 aliphatic heterocycles. The highest BCUT2D eigenvalue weighted by Crippen LogP contribution is 2.26. The first kappa shape index (κ1) is 19.9. The molecule has 150 valence electrons. The molecule has 1 N–H and O–H groups in total. The van der Waals surface area contributed by atoms with E-state index in [2.05, 4.69) is 4.98 Å². The summed E-state index contributed by atoms with van der Waals surface area (Å²) in [5.41, 5.74) is 4.23. The summed E-state index contributed by atoms with van der Waals surface area (Å²) in [5.74, 6) is -0.252. The van der Waals surface area contributed by atoms with Gasteiger partial charge in [0.05, 0.1) is 17.1 Å². The number of benzene rings is 3. The van der Waals surface area contributed by atoms with Crippen molar-refractivity contribution in [3.05, 3.63) is 110 Å². The van der Waals surface area contributed by atoms with Crippen molar-refractivity contribution in [1.29, 1.82) is 0 Å². The second-order valence-electron chi connectivity index (χ2n) is 7.37. The number of carbonyl (C=O) groups is 1. The summed E-state index contributed by atoms with van der Waals surface area (Å²) in [7, 11) is 0. The van der Waals surface area contributed by atoms with Crippen LogP contribution in [0.2, 0.25) is 5.02 Å². The number of aromatic amines is 1. The van der Waals surface area contributed by atoms with Gasteiger partial charge in [0.1, 0.15) is 0 Å². The van der Waals surface area contributed by atoms with E-state index in [0.717, 1.165) is 27.7 Å². The highest BCUT2D eigenvalue weighted by atomic mass is 35.5. The number of amides is 1. The van der Waals surface area contributed by atoms with Crippen molar-refractivity contribution in [1.82, 2.24) is 4.98 Å². The summed E-state index contributed by atoms with van der Waals surface area (Å²) in [6.07, 6.45) is 0. The number of rotatable bonds is 4. The number of aromatic nitrogens is 1. The minimum absolute atomic E-state index is 0.133. The van der Waals surface area contributed by atoms with Crippen LogP contribution in [0.3, 0.4) is 0 Å². The van der Waals surface area contributed by atoms with Crippen molar-refractivity contribution in [2.45, 2.75) is 20.4 Å². The largest absolute Gasteiger partial charge is 0.322 e. The van der Waals surface area contributed by atoms with Gasteiger partial charge in [0, 0.05) is 16.8 Å². The number of hydrogen-bond acceptors (Lipinski definition) is 2. The average molecular weight is 417 g/mol. The Morgan fingerprint density at radius 1 is 0.967 bits per heavy atom. The molecule has 3 aromatic carbocycles. The molecular formula is C25H21ClN2O2. The predicted octanol–water partition coefficient (Wildman–Crippen LogP) is 5.65. The van der Waals surface area contributed by atoms with Gasteiger partial charge in [-0.2, -0.15) is 0 Å². The SMILES string of the molecule is Cc1ccc2cc(CN(C(=O)c3ccccc3Cl)c3ccccc3C)c(=O)[nH]c2c1. The molecule has 4 aromatic rings. The molecule has 1 aromatic heterocycles. The van der Waals surface area contributed by atoms with Crippen molar-refractivity contribution in [3.63, 3.8) is 0 Å². The maximum absolute atomic E-state index is 13.5. The van der Waals surface area contributed by atoms with Crippen LogP contribution in [0.5, 0.6) is 0 Å². The normalized spacial score (nSPS) is 10.9. The molecule has 4 nitrogen and oxygen atoms in total. The Morgan fingerprint density at radius 2 is 1.70 bits per heavy atom. The zero-order valence-electron chi connectivity index (χ0n) is 16.8. The number of para-hydroxylation sites is 1. The Labute approximate surface area is 179 Å². The molecule has 0 unspecified atom stereocenters. The summed E-state index contributed by atoms with van der Waals surface area (Å²) >= 11 is 6.30. The fourth-order valence-corrected chi connectivity index (χ4v) is 3.78. The maximum Gasteiger partial charge on any atom is 0.260 e. The Hall–Kier alpha value is -3.37. The fourth-order valence-electron chi connectivity index (χ4n) is 3.56. The third-order valence-electron chi connectivity index (χ3n) is 5.16. The molecule has 1 heterocycles. The van der Waals surface area contributed by atoms with Crippen LogP contribution in [0.15, 0.2) is 77.6 Å². The van der Waals surface area contributed by atoms with Crippen LogP contribution < -0.4 is 10.5 Å². The minimum Gasteiger partial charge on any atom is -0.322 e. The molecule has 0 saturated heterocycles. The third kappa shape index (κ3) is 3.87. The van der Waals surface area contributed by atoms with E-state index >= 15 is 0 Å². The van der Waals surface area contributed by atoms with Gasteiger partial charge in [0.25, 0.3) is 11.5 Å². The number of nitrogens with zero attached hydrogens (tertiary/aromatic N) is 1. The van der Waals surface area contributed by atoms with Gasteiger partial charge in [-0.05, 0) is 60.7 Å². The number of pyridine rings is 1. The van der Waals surface area contributed by atoms with Crippen molar-refractivity contribution < 1.29 is 4.79 Å². The summed E-state index contributed by atoms with van der Waals surface area (Å²) < 4.78 is 0. The molecule has 0 spiro atoms. The lowest BCUT2D eigenvalue weighted by Gasteiger charge is -2.25. The number of fused-ring (bicyclic) bond motifs is 1. The second kappa shape index (κ2) is 8.17. The number of carbonyl (C=O) groups excluding carboxylic acids is 1. The first-order valence-electron chi connectivity index (χ1n) is 9.68. The Morgan fingerprint density at radius 3 is 2.47 bits per heavy atom. The zero-order chi connectivity index (χ0) is 21.3. The van der Waals surface area contributed by atoms with Gasteiger partial charge in [-0.25, -0.2) is 0 Å². The van der Waals surface area contributed by atoms with E-state index in [1.165, 1.54) is 0 Å². The molecule has 30 heavy (non-hydrogen) atoms. The monoisotopic (exact) mass is 416 g/mol. The van der Waals surface area contributed by atoms with E-state index in [4.69, 9.17) is 11.6 Å². The van der Waals surface area contributed by atoms with Gasteiger partial charge in [-0.3, -0.25) is 9.59 Å². The lowest BCUT2D eigenvalue weighted by molar-refractivity contribution is 0.0985. The molecule has 0 aliphatic carbocycles. The molecule has 4 rings (SSSR count). The van der Waals surface area contributed by atoms with Crippen molar-refractivity contribution in [2.75, 3.05) is 4.90 Å². The predicted molar refractivity (Wildman–Crippen MR) is 122 cm³/mol. The van der Waals surface area contributed by atoms with Crippen molar-refractivity contribution >= 4 is 34.1 Å². The number of hydrogen-bond donors (Lipinski definition) is 1. The molecule has 0 fully saturated rings. The molecule has 0 atom stereocenters. The summed E-state index contributed by atoms with van der Waals surface area (Å²) in [6.45, 7) is 4.05. The summed E-state index contributed by atoms with van der Waals surface area (Å²) in [6, 6.07) is 22.3. The lowest BCUT2D eigenvalue weighted by Crippen LogP contribution is -2.33. The van der Waals surface area contributed by atoms with Gasteiger partial charge in [0.15, 0.2) is 0 Å². The van der Waals surface area contributed by atoms with Gasteiger partial charge >= 0.3 is 0 Å². The fraction of sp³-hybridized carbons (Fsp3) is 0.120. The van der Waals surface area contributed by atoms with Crippen LogP contribution >= 0.6 is 11.6 Å². The number of anilines is 1. The number of nitrogens with one attached hydrogen (secondary N) is 1. The quantitative estimate of drug-likeness (QED) is 0.467. The third-order valence-corrected chi connectivity index (χ3v) is 5.49. The van der Waals surface area contributed by atoms with Crippen LogP contribution in [-0.4, -0.2) is 10.9 Å². The Balaban J connectivity index is 1.82. The van der Waals surface area contributed by atoms with Crippen LogP contribution in [0, 0.1) is 13.8 Å². The molecule has 1 amide bonds. The van der Waals surface area contributed by atoms with Crippen LogP contribution in [0.1, 0.15) is 27.0 Å². The maximum atomic E-state index is 13.5. The lowest BCUT2D eigenvalue weighted by atomic mass is 10.1. The van der Waals surface area contributed by atoms with Crippen LogP contribution in [-0.2, 0) is 6.54 Å². The van der Waals surface area contributed by atoms with E-state index in [9.17, 15) is 9.59 Å². The van der Waals surface area contributed by atoms with Gasteiger partial charge in [0.2, 0.25) is 0 Å². The van der Waals surface area contributed by atoms with Gasteiger partial charge in [-0.15, -0.1) is 0 Å². The molecule has 0 saturated carbocycles. The van der Waals surface area contributed by atoms with Crippen molar-refractivity contribution in [2.24, 2.45) is 0 Å². The zero-order valence-corrected chi connectivity index (χ0v) is 17.5. The highest BCUT2D eigenvalue weighted by Gasteiger charge is 2.22. The Kier molecular flexibility index (Phi) is 5.42. The second-order valence-corrected chi connectivity index (χ2v) is 7.78. The van der Waals surface area contributed by atoms with E-state index in [1.807, 2.05) is 62.4 Å². The van der Waals surface area contributed by atoms with E-state index in [0.29, 0.717) is 16.1 Å².